The summed E-state index contributed by atoms with van der Waals surface area (Å²) in [4.78, 5) is 28.4. The van der Waals surface area contributed by atoms with Crippen molar-refractivity contribution in [2.24, 2.45) is 0 Å². The van der Waals surface area contributed by atoms with Crippen LogP contribution in [0.5, 0.6) is 0 Å². The SMILES string of the molecule is CCCCC1C(=O)N(C)CCN1C(=O)c1cc(CCC)on1. The number of aromatic nitrogens is 1. The molecule has 122 valence electrons. The second-order valence-electron chi connectivity index (χ2n) is 5.84. The Hall–Kier alpha value is -1.85. The van der Waals surface area contributed by atoms with Crippen LogP contribution in [0, 0.1) is 0 Å². The van der Waals surface area contributed by atoms with Crippen molar-refractivity contribution in [1.82, 2.24) is 15.0 Å². The van der Waals surface area contributed by atoms with Gasteiger partial charge in [-0.2, -0.15) is 0 Å². The van der Waals surface area contributed by atoms with Crippen LogP contribution in [0.3, 0.4) is 0 Å². The molecule has 0 spiro atoms. The molecule has 1 unspecified atom stereocenters. The summed E-state index contributed by atoms with van der Waals surface area (Å²) in [5.41, 5.74) is 0.308. The highest BCUT2D eigenvalue weighted by Crippen LogP contribution is 2.19. The highest BCUT2D eigenvalue weighted by atomic mass is 16.5. The van der Waals surface area contributed by atoms with Gasteiger partial charge in [-0.05, 0) is 12.8 Å². The fourth-order valence-corrected chi connectivity index (χ4v) is 2.76. The quantitative estimate of drug-likeness (QED) is 0.807. The van der Waals surface area contributed by atoms with Gasteiger partial charge in [0.25, 0.3) is 5.91 Å². The largest absolute Gasteiger partial charge is 0.361 e. The van der Waals surface area contributed by atoms with Crippen LogP contribution < -0.4 is 0 Å². The third kappa shape index (κ3) is 3.48. The molecule has 1 saturated heterocycles. The molecule has 1 aromatic heterocycles. The van der Waals surface area contributed by atoms with Gasteiger partial charge in [0.15, 0.2) is 5.69 Å². The number of likely N-dealkylation sites (N-methyl/N-ethyl adjacent to an activating group) is 1. The number of piperazine rings is 1. The van der Waals surface area contributed by atoms with Crippen LogP contribution in [0.4, 0.5) is 0 Å². The molecule has 2 heterocycles. The molecule has 0 saturated carbocycles. The topological polar surface area (TPSA) is 66.7 Å². The van der Waals surface area contributed by atoms with Crippen LogP contribution in [0.2, 0.25) is 0 Å². The lowest BCUT2D eigenvalue weighted by Crippen LogP contribution is -2.57. The van der Waals surface area contributed by atoms with Crippen LogP contribution in [-0.2, 0) is 11.2 Å². The minimum atomic E-state index is -0.377. The van der Waals surface area contributed by atoms with Crippen LogP contribution in [0.1, 0.15) is 55.8 Å². The van der Waals surface area contributed by atoms with E-state index in [1.54, 1.807) is 22.9 Å². The predicted octanol–water partition coefficient (Wildman–Crippen LogP) is 2.10. The fraction of sp³-hybridized carbons (Fsp3) is 0.688. The monoisotopic (exact) mass is 307 g/mol. The third-order valence-corrected chi connectivity index (χ3v) is 4.08. The summed E-state index contributed by atoms with van der Waals surface area (Å²) in [5.74, 6) is 0.537. The van der Waals surface area contributed by atoms with E-state index >= 15 is 0 Å². The standard InChI is InChI=1S/C16H25N3O3/c1-4-6-8-14-16(21)18(3)9-10-19(14)15(20)13-11-12(7-5-2)22-17-13/h11,14H,4-10H2,1-3H3. The van der Waals surface area contributed by atoms with E-state index in [9.17, 15) is 9.59 Å². The molecule has 1 aromatic rings. The van der Waals surface area contributed by atoms with Crippen LogP contribution >= 0.6 is 0 Å². The predicted molar refractivity (Wildman–Crippen MR) is 82.5 cm³/mol. The maximum atomic E-state index is 12.7. The Morgan fingerprint density at radius 1 is 1.36 bits per heavy atom. The average Bonchev–Trinajstić information content (AvgIpc) is 2.97. The van der Waals surface area contributed by atoms with E-state index in [2.05, 4.69) is 12.1 Å². The highest BCUT2D eigenvalue weighted by Gasteiger charge is 2.36. The van der Waals surface area contributed by atoms with Crippen molar-refractivity contribution in [3.8, 4) is 0 Å². The van der Waals surface area contributed by atoms with Crippen molar-refractivity contribution in [2.45, 2.75) is 52.0 Å². The van der Waals surface area contributed by atoms with Crippen LogP contribution in [0.25, 0.3) is 0 Å². The van der Waals surface area contributed by atoms with E-state index in [0.29, 0.717) is 25.2 Å². The number of carbonyl (C=O) groups excluding carboxylic acids is 2. The first-order valence-electron chi connectivity index (χ1n) is 8.10. The maximum Gasteiger partial charge on any atom is 0.276 e. The van der Waals surface area contributed by atoms with Crippen molar-refractivity contribution >= 4 is 11.8 Å². The summed E-state index contributed by atoms with van der Waals surface area (Å²) in [6, 6.07) is 1.32. The van der Waals surface area contributed by atoms with E-state index < -0.39 is 0 Å². The first-order chi connectivity index (χ1) is 10.6. The zero-order valence-electron chi connectivity index (χ0n) is 13.7. The van der Waals surface area contributed by atoms with Gasteiger partial charge in [-0.25, -0.2) is 0 Å². The fourth-order valence-electron chi connectivity index (χ4n) is 2.76. The number of aryl methyl sites for hydroxylation is 1. The molecule has 6 nitrogen and oxygen atoms in total. The summed E-state index contributed by atoms with van der Waals surface area (Å²) in [5, 5.41) is 3.88. The molecule has 0 bridgehead atoms. The zero-order chi connectivity index (χ0) is 16.1. The lowest BCUT2D eigenvalue weighted by molar-refractivity contribution is -0.138. The summed E-state index contributed by atoms with van der Waals surface area (Å²) in [6.07, 6.45) is 4.33. The molecule has 1 fully saturated rings. The van der Waals surface area contributed by atoms with E-state index in [-0.39, 0.29) is 17.9 Å². The van der Waals surface area contributed by atoms with Gasteiger partial charge in [0.05, 0.1) is 0 Å². The number of nitrogens with zero attached hydrogens (tertiary/aromatic N) is 3. The van der Waals surface area contributed by atoms with Gasteiger partial charge >= 0.3 is 0 Å². The second-order valence-corrected chi connectivity index (χ2v) is 5.84. The molecule has 22 heavy (non-hydrogen) atoms. The van der Waals surface area contributed by atoms with Gasteiger partial charge in [0, 0.05) is 32.6 Å². The highest BCUT2D eigenvalue weighted by molar-refractivity contribution is 5.96. The van der Waals surface area contributed by atoms with Crippen LogP contribution in [0.15, 0.2) is 10.6 Å². The molecule has 1 aliphatic heterocycles. The average molecular weight is 307 g/mol. The summed E-state index contributed by atoms with van der Waals surface area (Å²) in [6.45, 7) is 5.24. The zero-order valence-corrected chi connectivity index (χ0v) is 13.7. The van der Waals surface area contributed by atoms with Crippen molar-refractivity contribution in [3.63, 3.8) is 0 Å². The number of carbonyl (C=O) groups is 2. The smallest absolute Gasteiger partial charge is 0.276 e. The summed E-state index contributed by atoms with van der Waals surface area (Å²) in [7, 11) is 1.79. The Balaban J connectivity index is 2.15. The number of hydrogen-bond acceptors (Lipinski definition) is 4. The van der Waals surface area contributed by atoms with Gasteiger partial charge in [0.1, 0.15) is 11.8 Å². The van der Waals surface area contributed by atoms with Crippen molar-refractivity contribution in [2.75, 3.05) is 20.1 Å². The molecule has 0 aromatic carbocycles. The molecule has 2 rings (SSSR count). The van der Waals surface area contributed by atoms with Gasteiger partial charge in [-0.15, -0.1) is 0 Å². The maximum absolute atomic E-state index is 12.7. The molecule has 2 amide bonds. The Kier molecular flexibility index (Phi) is 5.57. The third-order valence-electron chi connectivity index (χ3n) is 4.08. The Bertz CT molecular complexity index is 526. The lowest BCUT2D eigenvalue weighted by Gasteiger charge is -2.38. The van der Waals surface area contributed by atoms with Gasteiger partial charge in [0.2, 0.25) is 5.91 Å². The summed E-state index contributed by atoms with van der Waals surface area (Å²) < 4.78 is 5.19. The summed E-state index contributed by atoms with van der Waals surface area (Å²) >= 11 is 0. The minimum Gasteiger partial charge on any atom is -0.361 e. The first kappa shape index (κ1) is 16.5. The van der Waals surface area contributed by atoms with Gasteiger partial charge in [-0.1, -0.05) is 31.8 Å². The molecular weight excluding hydrogens is 282 g/mol. The number of amides is 2. The molecule has 6 heteroatoms. The molecule has 1 atom stereocenters. The number of hydrogen-bond donors (Lipinski definition) is 0. The minimum absolute atomic E-state index is 0.0188. The van der Waals surface area contributed by atoms with E-state index in [0.717, 1.165) is 31.4 Å². The Morgan fingerprint density at radius 3 is 2.82 bits per heavy atom. The first-order valence-corrected chi connectivity index (χ1v) is 8.10. The van der Waals surface area contributed by atoms with E-state index in [1.165, 1.54) is 0 Å². The molecule has 0 aliphatic carbocycles. The number of unbranched alkanes of at least 4 members (excludes halogenated alkanes) is 1. The van der Waals surface area contributed by atoms with Crippen molar-refractivity contribution in [3.05, 3.63) is 17.5 Å². The Morgan fingerprint density at radius 2 is 2.14 bits per heavy atom. The van der Waals surface area contributed by atoms with Crippen LogP contribution in [-0.4, -0.2) is 52.9 Å². The molecule has 0 radical (unpaired) electrons. The molecular formula is C16H25N3O3. The van der Waals surface area contributed by atoms with E-state index in [1.807, 2.05) is 6.92 Å². The van der Waals surface area contributed by atoms with Gasteiger partial charge in [-0.3, -0.25) is 9.59 Å². The lowest BCUT2D eigenvalue weighted by atomic mass is 10.0. The molecule has 1 aliphatic rings. The molecule has 0 N–H and O–H groups in total. The van der Waals surface area contributed by atoms with E-state index in [4.69, 9.17) is 4.52 Å². The van der Waals surface area contributed by atoms with Gasteiger partial charge < -0.3 is 14.3 Å². The Labute approximate surface area is 131 Å². The normalized spacial score (nSPS) is 18.9. The van der Waals surface area contributed by atoms with Crippen molar-refractivity contribution in [1.29, 1.82) is 0 Å². The second kappa shape index (κ2) is 7.42. The van der Waals surface area contributed by atoms with Crippen molar-refractivity contribution < 1.29 is 14.1 Å². The number of rotatable bonds is 6.